The van der Waals surface area contributed by atoms with Crippen molar-refractivity contribution in [2.75, 3.05) is 19.6 Å². The van der Waals surface area contributed by atoms with Crippen LogP contribution in [-0.2, 0) is 0 Å². The summed E-state index contributed by atoms with van der Waals surface area (Å²) in [4.78, 5) is 2.19. The molecule has 1 saturated carbocycles. The second kappa shape index (κ2) is 4.60. The first-order chi connectivity index (χ1) is 6.75. The van der Waals surface area contributed by atoms with Crippen LogP contribution in [-0.4, -0.2) is 47.0 Å². The Morgan fingerprint density at radius 2 is 1.57 bits per heavy atom. The Morgan fingerprint density at radius 1 is 1.00 bits per heavy atom. The smallest absolute Gasteiger partial charge is 0.0938 e. The average molecular weight is 199 g/mol. The summed E-state index contributed by atoms with van der Waals surface area (Å²) in [6.07, 6.45) is 5.79. The highest BCUT2D eigenvalue weighted by Gasteiger charge is 2.29. The molecule has 2 fully saturated rings. The van der Waals surface area contributed by atoms with Crippen molar-refractivity contribution in [3.8, 4) is 0 Å². The maximum Gasteiger partial charge on any atom is 0.0938 e. The van der Waals surface area contributed by atoms with Gasteiger partial charge in [0.25, 0.3) is 0 Å². The highest BCUT2D eigenvalue weighted by atomic mass is 16.3. The van der Waals surface area contributed by atoms with E-state index in [0.29, 0.717) is 13.1 Å². The zero-order valence-corrected chi connectivity index (χ0v) is 8.73. The first kappa shape index (κ1) is 10.4. The summed E-state index contributed by atoms with van der Waals surface area (Å²) in [6, 6.07) is 0. The molecule has 0 radical (unpaired) electrons. The van der Waals surface area contributed by atoms with Gasteiger partial charge in [0.2, 0.25) is 0 Å². The molecule has 1 aliphatic carbocycles. The number of hydrogen-bond acceptors (Lipinski definition) is 3. The minimum atomic E-state index is -0.515. The van der Waals surface area contributed by atoms with Crippen LogP contribution < -0.4 is 0 Å². The molecule has 0 aromatic rings. The summed E-state index contributed by atoms with van der Waals surface area (Å²) in [5.41, 5.74) is 0. The lowest BCUT2D eigenvalue weighted by atomic mass is 10.0. The topological polar surface area (TPSA) is 43.7 Å². The molecule has 2 N–H and O–H groups in total. The summed E-state index contributed by atoms with van der Waals surface area (Å²) in [6.45, 7) is 2.38. The molecule has 82 valence electrons. The van der Waals surface area contributed by atoms with E-state index >= 15 is 0 Å². The van der Waals surface area contributed by atoms with Crippen LogP contribution in [0, 0.1) is 5.92 Å². The standard InChI is InChI=1S/C11H21NO2/c13-10-7-12(8-11(10)14)6-5-9-3-1-2-4-9/h9-11,13-14H,1-8H2. The van der Waals surface area contributed by atoms with E-state index in [4.69, 9.17) is 0 Å². The molecule has 0 aromatic carbocycles. The largest absolute Gasteiger partial charge is 0.389 e. The molecular formula is C11H21NO2. The molecule has 2 aliphatic rings. The van der Waals surface area contributed by atoms with E-state index in [0.717, 1.165) is 12.5 Å². The maximum absolute atomic E-state index is 9.37. The van der Waals surface area contributed by atoms with Crippen molar-refractivity contribution in [2.45, 2.75) is 44.3 Å². The lowest BCUT2D eigenvalue weighted by Crippen LogP contribution is -2.24. The van der Waals surface area contributed by atoms with E-state index in [2.05, 4.69) is 4.90 Å². The van der Waals surface area contributed by atoms with Gasteiger partial charge in [-0.05, 0) is 18.9 Å². The Morgan fingerprint density at radius 3 is 2.14 bits per heavy atom. The first-order valence-electron chi connectivity index (χ1n) is 5.84. The zero-order chi connectivity index (χ0) is 9.97. The number of likely N-dealkylation sites (tertiary alicyclic amines) is 1. The van der Waals surface area contributed by atoms with Gasteiger partial charge in [-0.3, -0.25) is 4.90 Å². The number of aliphatic hydroxyl groups is 2. The van der Waals surface area contributed by atoms with Crippen LogP contribution in [0.25, 0.3) is 0 Å². The number of β-amino-alcohol motifs (C(OH)–C–C–N with tert-alkyl or cyclic N) is 2. The lowest BCUT2D eigenvalue weighted by Gasteiger charge is -2.17. The van der Waals surface area contributed by atoms with Crippen molar-refractivity contribution in [1.82, 2.24) is 4.90 Å². The van der Waals surface area contributed by atoms with Gasteiger partial charge in [0.1, 0.15) is 0 Å². The maximum atomic E-state index is 9.37. The Kier molecular flexibility index (Phi) is 3.42. The van der Waals surface area contributed by atoms with Crippen LogP contribution >= 0.6 is 0 Å². The Bertz CT molecular complexity index is 170. The minimum Gasteiger partial charge on any atom is -0.389 e. The van der Waals surface area contributed by atoms with Gasteiger partial charge in [-0.1, -0.05) is 25.7 Å². The van der Waals surface area contributed by atoms with Gasteiger partial charge >= 0.3 is 0 Å². The number of aliphatic hydroxyl groups excluding tert-OH is 2. The normalized spacial score (nSPS) is 35.6. The third-order valence-electron chi connectivity index (χ3n) is 3.66. The van der Waals surface area contributed by atoms with Crippen LogP contribution in [0.2, 0.25) is 0 Å². The molecule has 0 amide bonds. The molecule has 1 heterocycles. The molecule has 14 heavy (non-hydrogen) atoms. The fourth-order valence-electron chi connectivity index (χ4n) is 2.69. The van der Waals surface area contributed by atoms with Gasteiger partial charge in [-0.2, -0.15) is 0 Å². The van der Waals surface area contributed by atoms with Gasteiger partial charge in [0.15, 0.2) is 0 Å². The van der Waals surface area contributed by atoms with E-state index in [9.17, 15) is 10.2 Å². The predicted octanol–water partition coefficient (Wildman–Crippen LogP) is 0.604. The van der Waals surface area contributed by atoms with Crippen molar-refractivity contribution in [1.29, 1.82) is 0 Å². The van der Waals surface area contributed by atoms with E-state index in [-0.39, 0.29) is 0 Å². The fraction of sp³-hybridized carbons (Fsp3) is 1.00. The monoisotopic (exact) mass is 199 g/mol. The molecule has 3 heteroatoms. The molecule has 0 bridgehead atoms. The molecule has 0 spiro atoms. The van der Waals surface area contributed by atoms with Crippen molar-refractivity contribution in [2.24, 2.45) is 5.92 Å². The quantitative estimate of drug-likeness (QED) is 0.699. The van der Waals surface area contributed by atoms with Crippen molar-refractivity contribution < 1.29 is 10.2 Å². The summed E-state index contributed by atoms with van der Waals surface area (Å²) >= 11 is 0. The van der Waals surface area contributed by atoms with Crippen molar-refractivity contribution >= 4 is 0 Å². The first-order valence-corrected chi connectivity index (χ1v) is 5.84. The van der Waals surface area contributed by atoms with Crippen LogP contribution in [0.1, 0.15) is 32.1 Å². The molecule has 2 rings (SSSR count). The molecule has 0 aromatic heterocycles. The number of rotatable bonds is 3. The Labute approximate surface area is 85.7 Å². The van der Waals surface area contributed by atoms with Gasteiger partial charge in [-0.15, -0.1) is 0 Å². The summed E-state index contributed by atoms with van der Waals surface area (Å²) in [5.74, 6) is 0.907. The minimum absolute atomic E-state index is 0.515. The molecule has 2 unspecified atom stereocenters. The summed E-state index contributed by atoms with van der Waals surface area (Å²) in [5, 5.41) is 18.7. The van der Waals surface area contributed by atoms with Crippen LogP contribution in [0.4, 0.5) is 0 Å². The Hall–Kier alpha value is -0.120. The molecule has 2 atom stereocenters. The van der Waals surface area contributed by atoms with E-state index in [1.54, 1.807) is 0 Å². The van der Waals surface area contributed by atoms with Gasteiger partial charge < -0.3 is 10.2 Å². The number of hydrogen-bond donors (Lipinski definition) is 2. The molecule has 1 saturated heterocycles. The second-order valence-electron chi connectivity index (χ2n) is 4.83. The van der Waals surface area contributed by atoms with E-state index < -0.39 is 12.2 Å². The SMILES string of the molecule is OC1CN(CCC2CCCC2)CC1O. The second-order valence-corrected chi connectivity index (χ2v) is 4.83. The Balaban J connectivity index is 1.66. The lowest BCUT2D eigenvalue weighted by molar-refractivity contribution is 0.0572. The molecule has 3 nitrogen and oxygen atoms in total. The summed E-state index contributed by atoms with van der Waals surface area (Å²) in [7, 11) is 0. The van der Waals surface area contributed by atoms with Crippen molar-refractivity contribution in [3.63, 3.8) is 0 Å². The van der Waals surface area contributed by atoms with E-state index in [1.807, 2.05) is 0 Å². The third-order valence-corrected chi connectivity index (χ3v) is 3.66. The van der Waals surface area contributed by atoms with E-state index in [1.165, 1.54) is 32.1 Å². The highest BCUT2D eigenvalue weighted by Crippen LogP contribution is 2.28. The molecule has 1 aliphatic heterocycles. The summed E-state index contributed by atoms with van der Waals surface area (Å²) < 4.78 is 0. The fourth-order valence-corrected chi connectivity index (χ4v) is 2.69. The highest BCUT2D eigenvalue weighted by molar-refractivity contribution is 4.83. The van der Waals surface area contributed by atoms with Gasteiger partial charge in [0, 0.05) is 13.1 Å². The van der Waals surface area contributed by atoms with Crippen LogP contribution in [0.15, 0.2) is 0 Å². The van der Waals surface area contributed by atoms with Gasteiger partial charge in [-0.25, -0.2) is 0 Å². The van der Waals surface area contributed by atoms with Crippen molar-refractivity contribution in [3.05, 3.63) is 0 Å². The van der Waals surface area contributed by atoms with Gasteiger partial charge in [0.05, 0.1) is 12.2 Å². The van der Waals surface area contributed by atoms with Crippen LogP contribution in [0.5, 0.6) is 0 Å². The average Bonchev–Trinajstić information content (AvgIpc) is 2.74. The predicted molar refractivity (Wildman–Crippen MR) is 55.0 cm³/mol. The number of nitrogens with zero attached hydrogens (tertiary/aromatic N) is 1. The third kappa shape index (κ3) is 2.47. The van der Waals surface area contributed by atoms with Crippen LogP contribution in [0.3, 0.4) is 0 Å². The molecular weight excluding hydrogens is 178 g/mol. The zero-order valence-electron chi connectivity index (χ0n) is 8.73.